The molecule has 0 bridgehead atoms. The van der Waals surface area contributed by atoms with Gasteiger partial charge < -0.3 is 20.1 Å². The van der Waals surface area contributed by atoms with Crippen LogP contribution in [0, 0.1) is 0 Å². The van der Waals surface area contributed by atoms with Crippen LogP contribution >= 0.6 is 0 Å². The Labute approximate surface area is 122 Å². The van der Waals surface area contributed by atoms with Crippen molar-refractivity contribution in [3.63, 3.8) is 0 Å². The van der Waals surface area contributed by atoms with E-state index in [0.717, 1.165) is 12.8 Å². The number of urea groups is 1. The molecule has 0 radical (unpaired) electrons. The van der Waals surface area contributed by atoms with Crippen molar-refractivity contribution < 1.29 is 27.8 Å². The first-order valence-corrected chi connectivity index (χ1v) is 7.20. The van der Waals surface area contributed by atoms with Crippen LogP contribution in [0.4, 0.5) is 18.0 Å². The van der Waals surface area contributed by atoms with Gasteiger partial charge in [-0.25, -0.2) is 4.79 Å². The summed E-state index contributed by atoms with van der Waals surface area (Å²) >= 11 is 0. The van der Waals surface area contributed by atoms with Crippen molar-refractivity contribution in [3.05, 3.63) is 0 Å². The molecule has 8 heteroatoms. The Morgan fingerprint density at radius 3 is 2.48 bits per heavy atom. The SMILES string of the molecule is CCCCOCCNC(=O)N1CCC(O)(C(F)(F)F)CC1. The van der Waals surface area contributed by atoms with Crippen molar-refractivity contribution in [2.45, 2.75) is 44.4 Å². The van der Waals surface area contributed by atoms with Crippen molar-refractivity contribution in [1.82, 2.24) is 10.2 Å². The van der Waals surface area contributed by atoms with Crippen LogP contribution in [0.25, 0.3) is 0 Å². The quantitative estimate of drug-likeness (QED) is 0.737. The van der Waals surface area contributed by atoms with Crippen molar-refractivity contribution in [2.75, 3.05) is 32.8 Å². The molecule has 2 amide bonds. The van der Waals surface area contributed by atoms with Gasteiger partial charge in [0.05, 0.1) is 6.61 Å². The summed E-state index contributed by atoms with van der Waals surface area (Å²) in [4.78, 5) is 13.0. The number of amides is 2. The predicted molar refractivity (Wildman–Crippen MR) is 70.9 cm³/mol. The molecule has 0 spiro atoms. The molecule has 21 heavy (non-hydrogen) atoms. The van der Waals surface area contributed by atoms with Crippen molar-refractivity contribution in [3.8, 4) is 0 Å². The third kappa shape index (κ3) is 5.35. The Hall–Kier alpha value is -1.02. The van der Waals surface area contributed by atoms with E-state index >= 15 is 0 Å². The van der Waals surface area contributed by atoms with Gasteiger partial charge in [0.1, 0.15) is 0 Å². The molecule has 1 fully saturated rings. The second-order valence-corrected chi connectivity index (χ2v) is 5.21. The monoisotopic (exact) mass is 312 g/mol. The molecule has 1 rings (SSSR count). The molecular formula is C13H23F3N2O3. The normalized spacial score (nSPS) is 18.6. The Bertz CT molecular complexity index is 329. The maximum absolute atomic E-state index is 12.6. The molecule has 0 aromatic rings. The van der Waals surface area contributed by atoms with Gasteiger partial charge >= 0.3 is 12.2 Å². The van der Waals surface area contributed by atoms with Crippen LogP contribution in [-0.4, -0.2) is 60.7 Å². The number of carbonyl (C=O) groups excluding carboxylic acids is 1. The second-order valence-electron chi connectivity index (χ2n) is 5.21. The van der Waals surface area contributed by atoms with E-state index in [0.29, 0.717) is 19.8 Å². The molecule has 1 aliphatic heterocycles. The van der Waals surface area contributed by atoms with E-state index in [1.165, 1.54) is 4.90 Å². The summed E-state index contributed by atoms with van der Waals surface area (Å²) in [7, 11) is 0. The van der Waals surface area contributed by atoms with E-state index < -0.39 is 30.7 Å². The molecule has 0 unspecified atom stereocenters. The molecule has 1 saturated heterocycles. The van der Waals surface area contributed by atoms with Gasteiger partial charge in [0.15, 0.2) is 5.60 Å². The molecule has 124 valence electrons. The summed E-state index contributed by atoms with van der Waals surface area (Å²) in [5.74, 6) is 0. The van der Waals surface area contributed by atoms with Gasteiger partial charge in [0.25, 0.3) is 0 Å². The number of halogens is 3. The van der Waals surface area contributed by atoms with Crippen LogP contribution in [0.5, 0.6) is 0 Å². The minimum atomic E-state index is -4.65. The van der Waals surface area contributed by atoms with Gasteiger partial charge in [-0.2, -0.15) is 13.2 Å². The Kier molecular flexibility index (Phi) is 6.73. The van der Waals surface area contributed by atoms with Crippen LogP contribution in [-0.2, 0) is 4.74 Å². The van der Waals surface area contributed by atoms with E-state index in [9.17, 15) is 23.1 Å². The minimum Gasteiger partial charge on any atom is -0.380 e. The number of hydrogen-bond donors (Lipinski definition) is 2. The molecule has 0 aliphatic carbocycles. The summed E-state index contributed by atoms with van der Waals surface area (Å²) in [6.07, 6.45) is -3.64. The van der Waals surface area contributed by atoms with Crippen molar-refractivity contribution in [1.29, 1.82) is 0 Å². The van der Waals surface area contributed by atoms with Crippen LogP contribution in [0.2, 0.25) is 0 Å². The minimum absolute atomic E-state index is 0.113. The second kappa shape index (κ2) is 7.84. The molecule has 2 N–H and O–H groups in total. The van der Waals surface area contributed by atoms with E-state index in [4.69, 9.17) is 4.74 Å². The number of piperidine rings is 1. The number of carbonyl (C=O) groups is 1. The lowest BCUT2D eigenvalue weighted by Crippen LogP contribution is -2.56. The number of alkyl halides is 3. The number of rotatable bonds is 6. The first-order chi connectivity index (χ1) is 9.80. The number of nitrogens with one attached hydrogen (secondary N) is 1. The van der Waals surface area contributed by atoms with Crippen molar-refractivity contribution in [2.24, 2.45) is 0 Å². The molecule has 1 aliphatic rings. The van der Waals surface area contributed by atoms with Crippen LogP contribution < -0.4 is 5.32 Å². The van der Waals surface area contributed by atoms with Crippen LogP contribution in [0.15, 0.2) is 0 Å². The molecule has 0 atom stereocenters. The zero-order chi connectivity index (χ0) is 15.9. The van der Waals surface area contributed by atoms with Gasteiger partial charge in [-0.3, -0.25) is 0 Å². The largest absolute Gasteiger partial charge is 0.417 e. The fraction of sp³-hybridized carbons (Fsp3) is 0.923. The first-order valence-electron chi connectivity index (χ1n) is 7.20. The highest BCUT2D eigenvalue weighted by molar-refractivity contribution is 5.74. The Morgan fingerprint density at radius 2 is 1.95 bits per heavy atom. The highest BCUT2D eigenvalue weighted by Crippen LogP contribution is 2.38. The molecule has 1 heterocycles. The fourth-order valence-electron chi connectivity index (χ4n) is 2.05. The standard InChI is InChI=1S/C13H23F3N2O3/c1-2-3-9-21-10-6-17-11(19)18-7-4-12(20,5-8-18)13(14,15)16/h20H,2-10H2,1H3,(H,17,19). The Morgan fingerprint density at radius 1 is 1.33 bits per heavy atom. The molecular weight excluding hydrogens is 289 g/mol. The number of likely N-dealkylation sites (tertiary alicyclic amines) is 1. The third-order valence-electron chi connectivity index (χ3n) is 3.57. The average molecular weight is 312 g/mol. The summed E-state index contributed by atoms with van der Waals surface area (Å²) in [6.45, 7) is 3.16. The third-order valence-corrected chi connectivity index (χ3v) is 3.57. The maximum Gasteiger partial charge on any atom is 0.417 e. The smallest absolute Gasteiger partial charge is 0.380 e. The molecule has 5 nitrogen and oxygen atoms in total. The summed E-state index contributed by atoms with van der Waals surface area (Å²) in [5, 5.41) is 12.1. The number of hydrogen-bond acceptors (Lipinski definition) is 3. The lowest BCUT2D eigenvalue weighted by Gasteiger charge is -2.38. The maximum atomic E-state index is 12.6. The van der Waals surface area contributed by atoms with E-state index in [1.807, 2.05) is 6.92 Å². The molecule has 0 saturated carbocycles. The number of unbranched alkanes of at least 4 members (excludes halogenated alkanes) is 1. The highest BCUT2D eigenvalue weighted by Gasteiger charge is 2.54. The molecule has 0 aromatic carbocycles. The van der Waals surface area contributed by atoms with Crippen LogP contribution in [0.3, 0.4) is 0 Å². The summed E-state index contributed by atoms with van der Waals surface area (Å²) < 4.78 is 43.1. The van der Waals surface area contributed by atoms with Gasteiger partial charge in [-0.15, -0.1) is 0 Å². The average Bonchev–Trinajstić information content (AvgIpc) is 2.42. The predicted octanol–water partition coefficient (Wildman–Crippen LogP) is 1.90. The van der Waals surface area contributed by atoms with Crippen molar-refractivity contribution >= 4 is 6.03 Å². The summed E-state index contributed by atoms with van der Waals surface area (Å²) in [5.41, 5.74) is -2.67. The first kappa shape index (κ1) is 18.0. The Balaban J connectivity index is 2.23. The van der Waals surface area contributed by atoms with Gasteiger partial charge in [0, 0.05) is 39.1 Å². The topological polar surface area (TPSA) is 61.8 Å². The van der Waals surface area contributed by atoms with Gasteiger partial charge in [-0.05, 0) is 6.42 Å². The highest BCUT2D eigenvalue weighted by atomic mass is 19.4. The van der Waals surface area contributed by atoms with Gasteiger partial charge in [0.2, 0.25) is 0 Å². The zero-order valence-electron chi connectivity index (χ0n) is 12.2. The lowest BCUT2D eigenvalue weighted by molar-refractivity contribution is -0.271. The fourth-order valence-corrected chi connectivity index (χ4v) is 2.05. The summed E-state index contributed by atoms with van der Waals surface area (Å²) in [6, 6.07) is -0.418. The zero-order valence-corrected chi connectivity index (χ0v) is 12.2. The van der Waals surface area contributed by atoms with E-state index in [-0.39, 0.29) is 13.1 Å². The number of ether oxygens (including phenoxy) is 1. The van der Waals surface area contributed by atoms with Crippen LogP contribution in [0.1, 0.15) is 32.6 Å². The lowest BCUT2D eigenvalue weighted by atomic mass is 9.91. The van der Waals surface area contributed by atoms with Gasteiger partial charge in [-0.1, -0.05) is 13.3 Å². The number of aliphatic hydroxyl groups is 1. The van der Waals surface area contributed by atoms with E-state index in [2.05, 4.69) is 5.32 Å². The number of nitrogens with zero attached hydrogens (tertiary/aromatic N) is 1. The van der Waals surface area contributed by atoms with E-state index in [1.54, 1.807) is 0 Å². The molecule has 0 aromatic heterocycles.